The first-order valence-corrected chi connectivity index (χ1v) is 6.35. The molecule has 0 bridgehead atoms. The van der Waals surface area contributed by atoms with Gasteiger partial charge in [0.15, 0.2) is 0 Å². The van der Waals surface area contributed by atoms with Gasteiger partial charge in [0.05, 0.1) is 6.21 Å². The van der Waals surface area contributed by atoms with Gasteiger partial charge in [0, 0.05) is 0 Å². The van der Waals surface area contributed by atoms with Crippen molar-refractivity contribution in [3.63, 3.8) is 0 Å². The van der Waals surface area contributed by atoms with Crippen LogP contribution in [0, 0.1) is 23.5 Å². The van der Waals surface area contributed by atoms with Crippen LogP contribution in [0.3, 0.4) is 0 Å². The molecule has 0 aliphatic carbocycles. The summed E-state index contributed by atoms with van der Waals surface area (Å²) in [5.41, 5.74) is 1.39. The molecule has 0 aliphatic heterocycles. The number of rotatable bonds is 6. The van der Waals surface area contributed by atoms with Crippen molar-refractivity contribution in [2.24, 2.45) is 5.10 Å². The van der Waals surface area contributed by atoms with Gasteiger partial charge in [0.25, 0.3) is 11.9 Å². The molecule has 8 heteroatoms. The van der Waals surface area contributed by atoms with Gasteiger partial charge in [-0.25, -0.2) is 0 Å². The number of halogens is 4. The molecule has 0 saturated heterocycles. The van der Waals surface area contributed by atoms with Gasteiger partial charge in [-0.2, -0.15) is 27.6 Å². The van der Waals surface area contributed by atoms with Gasteiger partial charge >= 0.3 is 0 Å². The van der Waals surface area contributed by atoms with Crippen LogP contribution < -0.4 is 10.2 Å². The SMILES string of the molecule is C=CCOc1cccc(/C=N\Nc2c(F)c(F)nc(F)c2F)c1. The fourth-order valence-electron chi connectivity index (χ4n) is 1.60. The average Bonchev–Trinajstić information content (AvgIpc) is 2.54. The van der Waals surface area contributed by atoms with Crippen molar-refractivity contribution < 1.29 is 22.3 Å². The van der Waals surface area contributed by atoms with Crippen LogP contribution in [0.25, 0.3) is 0 Å². The molecule has 2 rings (SSSR count). The van der Waals surface area contributed by atoms with Gasteiger partial charge < -0.3 is 4.74 Å². The maximum Gasteiger partial charge on any atom is 0.254 e. The molecule has 0 fully saturated rings. The van der Waals surface area contributed by atoms with Crippen LogP contribution in [0.15, 0.2) is 42.0 Å². The molecule has 4 nitrogen and oxygen atoms in total. The first kappa shape index (κ1) is 16.5. The van der Waals surface area contributed by atoms with Crippen molar-refractivity contribution in [1.29, 1.82) is 0 Å². The highest BCUT2D eigenvalue weighted by atomic mass is 19.2. The van der Waals surface area contributed by atoms with Crippen LogP contribution in [0.5, 0.6) is 5.75 Å². The molecule has 1 aromatic carbocycles. The van der Waals surface area contributed by atoms with Crippen molar-refractivity contribution in [1.82, 2.24) is 4.98 Å². The number of nitrogens with one attached hydrogen (secondary N) is 1. The Kier molecular flexibility index (Phi) is 5.29. The quantitative estimate of drug-likeness (QED) is 0.290. The molecule has 1 heterocycles. The predicted octanol–water partition coefficient (Wildman–Crippen LogP) is 3.65. The van der Waals surface area contributed by atoms with Crippen molar-refractivity contribution in [2.75, 3.05) is 12.0 Å². The van der Waals surface area contributed by atoms with Crippen LogP contribution in [0.4, 0.5) is 23.2 Å². The van der Waals surface area contributed by atoms with Gasteiger partial charge in [-0.15, -0.1) is 0 Å². The third-order valence-electron chi connectivity index (χ3n) is 2.61. The number of hydrogen-bond donors (Lipinski definition) is 1. The maximum absolute atomic E-state index is 13.4. The van der Waals surface area contributed by atoms with Gasteiger partial charge in [-0.1, -0.05) is 24.8 Å². The van der Waals surface area contributed by atoms with E-state index in [1.807, 2.05) is 5.43 Å². The molecule has 0 aliphatic rings. The van der Waals surface area contributed by atoms with E-state index in [1.165, 1.54) is 6.21 Å². The number of anilines is 1. The zero-order valence-electron chi connectivity index (χ0n) is 11.7. The van der Waals surface area contributed by atoms with Gasteiger partial charge in [-0.3, -0.25) is 5.43 Å². The van der Waals surface area contributed by atoms with Crippen molar-refractivity contribution in [3.05, 3.63) is 66.0 Å². The number of aromatic nitrogens is 1. The van der Waals surface area contributed by atoms with Crippen molar-refractivity contribution in [2.45, 2.75) is 0 Å². The van der Waals surface area contributed by atoms with Crippen LogP contribution in [0.1, 0.15) is 5.56 Å². The zero-order valence-corrected chi connectivity index (χ0v) is 11.7. The van der Waals surface area contributed by atoms with E-state index in [9.17, 15) is 17.6 Å². The molecular weight excluding hydrogens is 314 g/mol. The molecule has 1 aromatic heterocycles. The Morgan fingerprint density at radius 1 is 1.17 bits per heavy atom. The summed E-state index contributed by atoms with van der Waals surface area (Å²) >= 11 is 0. The second kappa shape index (κ2) is 7.39. The molecule has 0 radical (unpaired) electrons. The van der Waals surface area contributed by atoms with Crippen LogP contribution >= 0.6 is 0 Å². The summed E-state index contributed by atoms with van der Waals surface area (Å²) in [5, 5.41) is 3.55. The van der Waals surface area contributed by atoms with Gasteiger partial charge in [0.1, 0.15) is 18.0 Å². The fourth-order valence-corrected chi connectivity index (χ4v) is 1.60. The van der Waals surface area contributed by atoms with E-state index in [4.69, 9.17) is 4.74 Å². The molecule has 0 amide bonds. The highest BCUT2D eigenvalue weighted by Gasteiger charge is 2.20. The summed E-state index contributed by atoms with van der Waals surface area (Å²) in [5.74, 6) is -6.32. The predicted molar refractivity (Wildman–Crippen MR) is 77.4 cm³/mol. The summed E-state index contributed by atoms with van der Waals surface area (Å²) in [6, 6.07) is 6.62. The molecule has 0 spiro atoms. The number of hydrogen-bond acceptors (Lipinski definition) is 4. The van der Waals surface area contributed by atoms with E-state index in [-0.39, 0.29) is 0 Å². The molecule has 0 saturated carbocycles. The third-order valence-corrected chi connectivity index (χ3v) is 2.61. The minimum Gasteiger partial charge on any atom is -0.490 e. The summed E-state index contributed by atoms with van der Waals surface area (Å²) in [6.07, 6.45) is 2.77. The fraction of sp³-hybridized carbons (Fsp3) is 0.0667. The van der Waals surface area contributed by atoms with Gasteiger partial charge in [-0.05, 0) is 17.7 Å². The highest BCUT2D eigenvalue weighted by molar-refractivity contribution is 5.80. The molecule has 1 N–H and O–H groups in total. The summed E-state index contributed by atoms with van der Waals surface area (Å²) < 4.78 is 57.9. The second-order valence-electron chi connectivity index (χ2n) is 4.24. The third kappa shape index (κ3) is 4.06. The van der Waals surface area contributed by atoms with E-state index in [1.54, 1.807) is 30.3 Å². The summed E-state index contributed by atoms with van der Waals surface area (Å²) in [7, 11) is 0. The Labute approximate surface area is 129 Å². The van der Waals surface area contributed by atoms with Crippen LogP contribution in [-0.2, 0) is 0 Å². The normalized spacial score (nSPS) is 10.8. The Balaban J connectivity index is 2.15. The molecule has 23 heavy (non-hydrogen) atoms. The van der Waals surface area contributed by atoms with Gasteiger partial charge in [0.2, 0.25) is 11.6 Å². The van der Waals surface area contributed by atoms with Crippen molar-refractivity contribution in [3.8, 4) is 5.75 Å². The van der Waals surface area contributed by atoms with E-state index in [2.05, 4.69) is 16.7 Å². The standard InChI is InChI=1S/C15H11F4N3O/c1-2-6-23-10-5-3-4-9(7-10)8-20-22-13-11(16)14(18)21-15(19)12(13)17/h2-5,7-8H,1,6H2,(H,21,22)/b20-8-. The minimum absolute atomic E-state index is 0.310. The first-order chi connectivity index (χ1) is 11.0. The minimum atomic E-state index is -1.76. The zero-order chi connectivity index (χ0) is 16.8. The number of nitrogens with zero attached hydrogens (tertiary/aromatic N) is 2. The lowest BCUT2D eigenvalue weighted by Gasteiger charge is -2.05. The Bertz CT molecular complexity index is 723. The molecule has 0 unspecified atom stereocenters. The lowest BCUT2D eigenvalue weighted by atomic mass is 10.2. The van der Waals surface area contributed by atoms with E-state index < -0.39 is 29.2 Å². The Hall–Kier alpha value is -2.90. The average molecular weight is 325 g/mol. The second-order valence-corrected chi connectivity index (χ2v) is 4.24. The largest absolute Gasteiger partial charge is 0.490 e. The number of hydrazone groups is 1. The summed E-state index contributed by atoms with van der Waals surface area (Å²) in [4.78, 5) is 2.44. The monoisotopic (exact) mass is 325 g/mol. The van der Waals surface area contributed by atoms with Crippen LogP contribution in [0.2, 0.25) is 0 Å². The molecule has 0 atom stereocenters. The summed E-state index contributed by atoms with van der Waals surface area (Å²) in [6.45, 7) is 3.82. The van der Waals surface area contributed by atoms with Crippen molar-refractivity contribution >= 4 is 11.9 Å². The van der Waals surface area contributed by atoms with E-state index in [0.717, 1.165) is 0 Å². The Morgan fingerprint density at radius 3 is 2.52 bits per heavy atom. The number of pyridine rings is 1. The lowest BCUT2D eigenvalue weighted by Crippen LogP contribution is -2.05. The number of ether oxygens (including phenoxy) is 1. The van der Waals surface area contributed by atoms with E-state index >= 15 is 0 Å². The maximum atomic E-state index is 13.4. The number of benzene rings is 1. The first-order valence-electron chi connectivity index (χ1n) is 6.35. The molecule has 2 aromatic rings. The van der Waals surface area contributed by atoms with E-state index in [0.29, 0.717) is 17.9 Å². The topological polar surface area (TPSA) is 46.5 Å². The Morgan fingerprint density at radius 2 is 1.87 bits per heavy atom. The highest BCUT2D eigenvalue weighted by Crippen LogP contribution is 2.22. The lowest BCUT2D eigenvalue weighted by molar-refractivity contribution is 0.363. The van der Waals surface area contributed by atoms with Crippen LogP contribution in [-0.4, -0.2) is 17.8 Å². The molecular formula is C15H11F4N3O. The molecule has 120 valence electrons. The smallest absolute Gasteiger partial charge is 0.254 e.